The van der Waals surface area contributed by atoms with Crippen LogP contribution in [0.15, 0.2) is 53.6 Å². The van der Waals surface area contributed by atoms with Gasteiger partial charge in [0.15, 0.2) is 0 Å². The highest BCUT2D eigenvalue weighted by Crippen LogP contribution is 2.43. The van der Waals surface area contributed by atoms with Gasteiger partial charge in [0.1, 0.15) is 5.75 Å². The normalized spacial score (nSPS) is 23.5. The van der Waals surface area contributed by atoms with E-state index in [1.54, 1.807) is 12.1 Å². The number of carbonyl (C=O) groups is 1. The van der Waals surface area contributed by atoms with Crippen LogP contribution in [-0.4, -0.2) is 61.5 Å². The molecule has 2 heterocycles. The monoisotopic (exact) mass is 405 g/mol. The molecule has 0 unspecified atom stereocenters. The molecule has 1 saturated heterocycles. The van der Waals surface area contributed by atoms with Gasteiger partial charge in [0.05, 0.1) is 38.6 Å². The maximum atomic E-state index is 13.4. The number of amides is 1. The highest BCUT2D eigenvalue weighted by atomic mass is 16.5. The van der Waals surface area contributed by atoms with E-state index < -0.39 is 0 Å². The molecule has 2 atom stereocenters. The average molecular weight is 405 g/mol. The number of methoxy groups -OCH3 is 1. The van der Waals surface area contributed by atoms with Crippen molar-refractivity contribution in [3.63, 3.8) is 0 Å². The van der Waals surface area contributed by atoms with Gasteiger partial charge in [-0.05, 0) is 36.1 Å². The Labute approximate surface area is 177 Å². The number of nitrogens with zero attached hydrogens (tertiary/aromatic N) is 3. The molecule has 2 aliphatic heterocycles. The molecule has 3 aliphatic rings. The van der Waals surface area contributed by atoms with E-state index in [2.05, 4.69) is 41.3 Å². The van der Waals surface area contributed by atoms with E-state index in [-0.39, 0.29) is 17.9 Å². The Morgan fingerprint density at radius 1 is 1.13 bits per heavy atom. The van der Waals surface area contributed by atoms with Crippen LogP contribution < -0.4 is 4.74 Å². The predicted molar refractivity (Wildman–Crippen MR) is 115 cm³/mol. The molecule has 0 aromatic heterocycles. The smallest absolute Gasteiger partial charge is 0.257 e. The number of hydrogen-bond donors (Lipinski definition) is 0. The molecule has 6 nitrogen and oxygen atoms in total. The van der Waals surface area contributed by atoms with Crippen LogP contribution in [0.25, 0.3) is 0 Å². The van der Waals surface area contributed by atoms with Gasteiger partial charge in [0.25, 0.3) is 5.91 Å². The van der Waals surface area contributed by atoms with Crippen molar-refractivity contribution in [1.82, 2.24) is 9.91 Å². The Morgan fingerprint density at radius 2 is 1.90 bits per heavy atom. The number of hydrogen-bond acceptors (Lipinski definition) is 5. The van der Waals surface area contributed by atoms with Gasteiger partial charge < -0.3 is 9.47 Å². The Hall–Kier alpha value is -2.70. The second kappa shape index (κ2) is 8.20. The fraction of sp³-hybridized carbons (Fsp3) is 0.417. The van der Waals surface area contributed by atoms with Gasteiger partial charge in [0.2, 0.25) is 0 Å². The summed E-state index contributed by atoms with van der Waals surface area (Å²) in [6.45, 7) is 3.31. The predicted octanol–water partition coefficient (Wildman–Crippen LogP) is 2.88. The number of aryl methyl sites for hydroxylation is 1. The number of morpholine rings is 1. The van der Waals surface area contributed by atoms with Crippen LogP contribution in [0.2, 0.25) is 0 Å². The number of ether oxygens (including phenoxy) is 2. The van der Waals surface area contributed by atoms with Gasteiger partial charge in [-0.2, -0.15) is 5.10 Å². The van der Waals surface area contributed by atoms with Crippen LogP contribution in [0.1, 0.15) is 29.2 Å². The van der Waals surface area contributed by atoms with Gasteiger partial charge in [-0.1, -0.05) is 36.4 Å². The van der Waals surface area contributed by atoms with Crippen LogP contribution in [0.3, 0.4) is 0 Å². The van der Waals surface area contributed by atoms with Gasteiger partial charge in [-0.25, -0.2) is 5.01 Å². The molecule has 1 amide bonds. The van der Waals surface area contributed by atoms with Gasteiger partial charge in [-0.15, -0.1) is 0 Å². The number of rotatable bonds is 4. The zero-order valence-corrected chi connectivity index (χ0v) is 17.3. The van der Waals surface area contributed by atoms with Crippen molar-refractivity contribution in [1.29, 1.82) is 0 Å². The zero-order chi connectivity index (χ0) is 20.5. The van der Waals surface area contributed by atoms with E-state index in [0.29, 0.717) is 19.8 Å². The van der Waals surface area contributed by atoms with Crippen molar-refractivity contribution in [3.05, 3.63) is 65.2 Å². The highest BCUT2D eigenvalue weighted by molar-refractivity contribution is 6.06. The van der Waals surface area contributed by atoms with Crippen molar-refractivity contribution >= 4 is 11.6 Å². The summed E-state index contributed by atoms with van der Waals surface area (Å²) in [6, 6.07) is 16.4. The van der Waals surface area contributed by atoms with Crippen LogP contribution in [0.4, 0.5) is 0 Å². The minimum atomic E-state index is -0.0761. The molecule has 6 heteroatoms. The second-order valence-corrected chi connectivity index (χ2v) is 8.13. The van der Waals surface area contributed by atoms with Crippen molar-refractivity contribution in [3.8, 4) is 5.75 Å². The summed E-state index contributed by atoms with van der Waals surface area (Å²) in [4.78, 5) is 15.5. The first kappa shape index (κ1) is 19.3. The van der Waals surface area contributed by atoms with Crippen molar-refractivity contribution < 1.29 is 14.3 Å². The molecule has 0 N–H and O–H groups in total. The summed E-state index contributed by atoms with van der Waals surface area (Å²) in [5.74, 6) is 1.08. The highest BCUT2D eigenvalue weighted by Gasteiger charge is 2.43. The van der Waals surface area contributed by atoms with Gasteiger partial charge in [0, 0.05) is 24.6 Å². The Kier molecular flexibility index (Phi) is 5.27. The summed E-state index contributed by atoms with van der Waals surface area (Å²) in [6.07, 6.45) is 2.01. The van der Waals surface area contributed by atoms with E-state index in [0.717, 1.165) is 43.0 Å². The fourth-order valence-electron chi connectivity index (χ4n) is 4.83. The minimum absolute atomic E-state index is 0.0529. The topological polar surface area (TPSA) is 54.4 Å². The third kappa shape index (κ3) is 3.50. The van der Waals surface area contributed by atoms with Crippen LogP contribution in [-0.2, 0) is 16.0 Å². The molecule has 2 aromatic carbocycles. The summed E-state index contributed by atoms with van der Waals surface area (Å²) < 4.78 is 10.8. The number of hydrazone groups is 1. The first-order chi connectivity index (χ1) is 14.7. The lowest BCUT2D eigenvalue weighted by Crippen LogP contribution is -2.44. The molecule has 1 aliphatic carbocycles. The van der Waals surface area contributed by atoms with Crippen LogP contribution in [0, 0.1) is 5.92 Å². The molecular weight excluding hydrogens is 378 g/mol. The number of carbonyl (C=O) groups excluding carboxylic acids is 1. The largest absolute Gasteiger partial charge is 0.497 e. The lowest BCUT2D eigenvalue weighted by Gasteiger charge is -2.31. The average Bonchev–Trinajstić information content (AvgIpc) is 3.20. The molecule has 5 rings (SSSR count). The van der Waals surface area contributed by atoms with E-state index >= 15 is 0 Å². The molecule has 0 saturated carbocycles. The first-order valence-corrected chi connectivity index (χ1v) is 10.7. The van der Waals surface area contributed by atoms with E-state index in [1.807, 2.05) is 12.1 Å². The molecule has 0 radical (unpaired) electrons. The van der Waals surface area contributed by atoms with E-state index in [4.69, 9.17) is 14.6 Å². The minimum Gasteiger partial charge on any atom is -0.497 e. The van der Waals surface area contributed by atoms with Gasteiger partial charge >= 0.3 is 0 Å². The zero-order valence-electron chi connectivity index (χ0n) is 17.3. The Balaban J connectivity index is 1.49. The SMILES string of the molecule is COc1ccc([C@H]2[C@@H]3CCc4ccccc4C3=NN2C(=O)CN2CCOCC2)cc1. The quantitative estimate of drug-likeness (QED) is 0.785. The van der Waals surface area contributed by atoms with Gasteiger partial charge in [-0.3, -0.25) is 9.69 Å². The number of benzene rings is 2. The standard InChI is InChI=1S/C24H27N3O3/c1-29-19-9-6-18(7-10-19)24-21-11-8-17-4-2-3-5-20(17)23(21)25-27(24)22(28)16-26-12-14-30-15-13-26/h2-7,9-10,21,24H,8,11-16H2,1H3/t21-,24+/m1/s1. The fourth-order valence-corrected chi connectivity index (χ4v) is 4.83. The lowest BCUT2D eigenvalue weighted by atomic mass is 9.77. The molecule has 0 bridgehead atoms. The summed E-state index contributed by atoms with van der Waals surface area (Å²) >= 11 is 0. The number of fused-ring (bicyclic) bond motifs is 3. The lowest BCUT2D eigenvalue weighted by molar-refractivity contribution is -0.135. The molecule has 0 spiro atoms. The summed E-state index contributed by atoms with van der Waals surface area (Å²) in [7, 11) is 1.67. The first-order valence-electron chi connectivity index (χ1n) is 10.7. The third-order valence-electron chi connectivity index (χ3n) is 6.40. The Morgan fingerprint density at radius 3 is 2.67 bits per heavy atom. The second-order valence-electron chi connectivity index (χ2n) is 8.13. The Bertz CT molecular complexity index is 950. The molecule has 2 aromatic rings. The van der Waals surface area contributed by atoms with E-state index in [1.165, 1.54) is 11.1 Å². The molecular formula is C24H27N3O3. The molecule has 1 fully saturated rings. The van der Waals surface area contributed by atoms with Crippen LogP contribution in [0.5, 0.6) is 5.75 Å². The summed E-state index contributed by atoms with van der Waals surface area (Å²) in [5.41, 5.74) is 4.67. The van der Waals surface area contributed by atoms with E-state index in [9.17, 15) is 4.79 Å². The molecule has 30 heavy (non-hydrogen) atoms. The maximum absolute atomic E-state index is 13.4. The van der Waals surface area contributed by atoms with Crippen LogP contribution >= 0.6 is 0 Å². The van der Waals surface area contributed by atoms with Crippen molar-refractivity contribution in [2.24, 2.45) is 11.0 Å². The summed E-state index contributed by atoms with van der Waals surface area (Å²) in [5, 5.41) is 6.68. The maximum Gasteiger partial charge on any atom is 0.257 e. The van der Waals surface area contributed by atoms with Crippen molar-refractivity contribution in [2.75, 3.05) is 40.0 Å². The molecule has 156 valence electrons. The van der Waals surface area contributed by atoms with Crippen molar-refractivity contribution in [2.45, 2.75) is 18.9 Å². The third-order valence-corrected chi connectivity index (χ3v) is 6.40.